The van der Waals surface area contributed by atoms with Gasteiger partial charge >= 0.3 is 0 Å². The van der Waals surface area contributed by atoms with Gasteiger partial charge in [-0.25, -0.2) is 0 Å². The Labute approximate surface area is 322 Å². The van der Waals surface area contributed by atoms with E-state index < -0.39 is 0 Å². The first-order valence-electron chi connectivity index (χ1n) is 20.5. The Morgan fingerprint density at radius 2 is 0.574 bits per heavy atom. The van der Waals surface area contributed by atoms with Crippen LogP contribution in [0.4, 0.5) is 0 Å². The molecule has 0 heteroatoms. The molecule has 0 fully saturated rings. The molecule has 8 aromatic rings. The van der Waals surface area contributed by atoms with Crippen LogP contribution in [0.15, 0.2) is 158 Å². The Morgan fingerprint density at radius 3 is 0.889 bits per heavy atom. The van der Waals surface area contributed by atoms with Crippen LogP contribution in [0.25, 0.3) is 76.8 Å². The number of hydrogen-bond acceptors (Lipinski definition) is 0. The highest BCUT2D eigenvalue weighted by Gasteiger charge is 2.25. The smallest absolute Gasteiger partial charge is 0.000139 e. The monoisotopic (exact) mass is 700 g/mol. The van der Waals surface area contributed by atoms with E-state index in [4.69, 9.17) is 0 Å². The van der Waals surface area contributed by atoms with Crippen LogP contribution in [-0.4, -0.2) is 0 Å². The second-order valence-corrected chi connectivity index (χ2v) is 15.1. The first kappa shape index (κ1) is 35.6. The van der Waals surface area contributed by atoms with Crippen molar-refractivity contribution >= 4 is 32.3 Å². The number of unbranched alkanes of at least 4 members (excludes halogenated alkanes) is 6. The van der Waals surface area contributed by atoms with Gasteiger partial charge < -0.3 is 0 Å². The van der Waals surface area contributed by atoms with Crippen molar-refractivity contribution in [1.82, 2.24) is 0 Å². The lowest BCUT2D eigenvalue weighted by atomic mass is 9.77. The summed E-state index contributed by atoms with van der Waals surface area (Å²) in [5, 5.41) is 7.82. The Balaban J connectivity index is 1.50. The van der Waals surface area contributed by atoms with E-state index in [1.807, 2.05) is 0 Å². The van der Waals surface area contributed by atoms with Gasteiger partial charge in [-0.15, -0.1) is 0 Å². The molecule has 0 aromatic heterocycles. The molecule has 0 radical (unpaired) electrons. The minimum absolute atomic E-state index is 1.13. The van der Waals surface area contributed by atoms with Gasteiger partial charge in [-0.05, 0) is 114 Å². The van der Waals surface area contributed by atoms with Crippen LogP contribution in [0.2, 0.25) is 0 Å². The van der Waals surface area contributed by atoms with Gasteiger partial charge in [0.2, 0.25) is 0 Å². The molecule has 268 valence electrons. The van der Waals surface area contributed by atoms with E-state index in [0.29, 0.717) is 0 Å². The van der Waals surface area contributed by atoms with Crippen LogP contribution >= 0.6 is 0 Å². The van der Waals surface area contributed by atoms with Crippen molar-refractivity contribution in [1.29, 1.82) is 0 Å². The fraction of sp³-hybridized carbons (Fsp3) is 0.222. The summed E-state index contributed by atoms with van der Waals surface area (Å²) in [5.74, 6) is 0. The van der Waals surface area contributed by atoms with Crippen molar-refractivity contribution in [3.63, 3.8) is 0 Å². The van der Waals surface area contributed by atoms with Crippen LogP contribution in [0.3, 0.4) is 0 Å². The van der Waals surface area contributed by atoms with Gasteiger partial charge in [-0.2, -0.15) is 0 Å². The van der Waals surface area contributed by atoms with Gasteiger partial charge in [-0.1, -0.05) is 210 Å². The summed E-state index contributed by atoms with van der Waals surface area (Å²) in [4.78, 5) is 0. The highest BCUT2D eigenvalue weighted by molar-refractivity contribution is 6.33. The molecule has 0 unspecified atom stereocenters. The third-order valence-corrected chi connectivity index (χ3v) is 11.4. The van der Waals surface area contributed by atoms with Gasteiger partial charge in [0.15, 0.2) is 0 Å². The summed E-state index contributed by atoms with van der Waals surface area (Å²) in [6.07, 6.45) is 12.5. The first-order valence-corrected chi connectivity index (χ1v) is 20.5. The highest BCUT2D eigenvalue weighted by atomic mass is 14.3. The van der Waals surface area contributed by atoms with E-state index in [2.05, 4.69) is 172 Å². The fourth-order valence-electron chi connectivity index (χ4n) is 8.72. The lowest BCUT2D eigenvalue weighted by molar-refractivity contribution is 0.667. The lowest BCUT2D eigenvalue weighted by Crippen LogP contribution is -1.98. The third kappa shape index (κ3) is 7.11. The second-order valence-electron chi connectivity index (χ2n) is 15.1. The molecule has 0 aliphatic rings. The summed E-state index contributed by atoms with van der Waals surface area (Å²) in [5.41, 5.74) is 13.1. The zero-order valence-corrected chi connectivity index (χ0v) is 32.1. The molecular formula is C54H52. The maximum atomic E-state index is 2.40. The predicted molar refractivity (Wildman–Crippen MR) is 236 cm³/mol. The van der Waals surface area contributed by atoms with E-state index in [-0.39, 0.29) is 0 Å². The number of rotatable bonds is 14. The minimum Gasteiger partial charge on any atom is -0.0654 e. The number of benzene rings is 8. The summed E-state index contributed by atoms with van der Waals surface area (Å²) in [7, 11) is 0. The van der Waals surface area contributed by atoms with E-state index in [1.165, 1.54) is 139 Å². The summed E-state index contributed by atoms with van der Waals surface area (Å²) < 4.78 is 0. The van der Waals surface area contributed by atoms with Crippen LogP contribution in [-0.2, 0) is 12.8 Å². The van der Waals surface area contributed by atoms with E-state index in [0.717, 1.165) is 12.8 Å². The molecule has 0 aliphatic heterocycles. The van der Waals surface area contributed by atoms with Crippen LogP contribution in [0, 0.1) is 0 Å². The van der Waals surface area contributed by atoms with E-state index in [9.17, 15) is 0 Å². The standard InChI is InChI=1S/C54H52/c1-3-5-7-11-21-39-31-35-43(36-32-39)51-47-29-19-17-27-45(47)50(42-25-15-10-16-26-42)54-52(44-37-33-40(34-38-44)22-12-8-6-4-2)48-30-20-18-28-46(48)49(53(51)54)41-23-13-9-14-24-41/h9-10,13-20,23-38H,3-8,11-12,21-22H2,1-2H3. The van der Waals surface area contributed by atoms with Crippen molar-refractivity contribution in [3.05, 3.63) is 169 Å². The van der Waals surface area contributed by atoms with Crippen molar-refractivity contribution in [3.8, 4) is 44.5 Å². The minimum atomic E-state index is 1.13. The van der Waals surface area contributed by atoms with Gasteiger partial charge in [0.1, 0.15) is 0 Å². The van der Waals surface area contributed by atoms with Crippen molar-refractivity contribution < 1.29 is 0 Å². The number of fused-ring (bicyclic) bond motifs is 3. The zero-order chi connectivity index (χ0) is 36.7. The maximum absolute atomic E-state index is 2.40. The highest BCUT2D eigenvalue weighted by Crippen LogP contribution is 2.53. The normalized spacial score (nSPS) is 11.5. The molecule has 0 amide bonds. The Hall–Kier alpha value is -5.46. The molecular weight excluding hydrogens is 649 g/mol. The molecule has 0 saturated carbocycles. The van der Waals surface area contributed by atoms with Gasteiger partial charge in [0.05, 0.1) is 0 Å². The topological polar surface area (TPSA) is 0 Å². The van der Waals surface area contributed by atoms with Crippen molar-refractivity contribution in [2.45, 2.75) is 78.1 Å². The molecule has 8 rings (SSSR count). The maximum Gasteiger partial charge on any atom is -0.000139 e. The van der Waals surface area contributed by atoms with Gasteiger partial charge in [0.25, 0.3) is 0 Å². The molecule has 0 saturated heterocycles. The molecule has 0 heterocycles. The average molecular weight is 701 g/mol. The number of aryl methyl sites for hydroxylation is 2. The first-order chi connectivity index (χ1) is 26.8. The van der Waals surface area contributed by atoms with Crippen molar-refractivity contribution in [2.24, 2.45) is 0 Å². The number of hydrogen-bond donors (Lipinski definition) is 0. The summed E-state index contributed by atoms with van der Waals surface area (Å²) >= 11 is 0. The molecule has 0 bridgehead atoms. The zero-order valence-electron chi connectivity index (χ0n) is 32.1. The second kappa shape index (κ2) is 16.7. The molecule has 0 N–H and O–H groups in total. The fourth-order valence-corrected chi connectivity index (χ4v) is 8.72. The van der Waals surface area contributed by atoms with E-state index in [1.54, 1.807) is 0 Å². The molecule has 0 atom stereocenters. The average Bonchev–Trinajstić information content (AvgIpc) is 3.23. The Kier molecular flexibility index (Phi) is 11.0. The third-order valence-electron chi connectivity index (χ3n) is 11.4. The largest absolute Gasteiger partial charge is 0.0654 e. The van der Waals surface area contributed by atoms with Crippen molar-refractivity contribution in [2.75, 3.05) is 0 Å². The van der Waals surface area contributed by atoms with Gasteiger partial charge in [0, 0.05) is 0 Å². The quantitative estimate of drug-likeness (QED) is 0.0782. The Bertz CT molecular complexity index is 2290. The lowest BCUT2D eigenvalue weighted by Gasteiger charge is -2.25. The summed E-state index contributed by atoms with van der Waals surface area (Å²) in [6.45, 7) is 4.57. The van der Waals surface area contributed by atoms with E-state index >= 15 is 0 Å². The molecule has 0 spiro atoms. The van der Waals surface area contributed by atoms with Crippen LogP contribution in [0.5, 0.6) is 0 Å². The van der Waals surface area contributed by atoms with Crippen LogP contribution in [0.1, 0.15) is 76.3 Å². The molecule has 0 aliphatic carbocycles. The van der Waals surface area contributed by atoms with Gasteiger partial charge in [-0.3, -0.25) is 0 Å². The molecule has 8 aromatic carbocycles. The summed E-state index contributed by atoms with van der Waals surface area (Å²) in [6, 6.07) is 59.7. The van der Waals surface area contributed by atoms with Crippen LogP contribution < -0.4 is 0 Å². The SMILES string of the molecule is CCCCCCc1ccc(-c2c3ccccc3c(-c3ccccc3)c3c(-c4ccc(CCCCCC)cc4)c4ccccc4c(-c4ccccc4)c23)cc1. The molecule has 0 nitrogen and oxygen atoms in total. The Morgan fingerprint density at radius 1 is 0.278 bits per heavy atom. The molecule has 54 heavy (non-hydrogen) atoms. The predicted octanol–water partition coefficient (Wildman–Crippen LogP) is 16.1.